The van der Waals surface area contributed by atoms with Gasteiger partial charge in [-0.1, -0.05) is 26.7 Å². The summed E-state index contributed by atoms with van der Waals surface area (Å²) < 4.78 is 15.0. The summed E-state index contributed by atoms with van der Waals surface area (Å²) in [5.41, 5.74) is 0. The van der Waals surface area contributed by atoms with E-state index in [0.717, 1.165) is 19.3 Å². The maximum atomic E-state index is 11.8. The van der Waals surface area contributed by atoms with Crippen molar-refractivity contribution in [1.29, 1.82) is 0 Å². The molecule has 0 bridgehead atoms. The highest BCUT2D eigenvalue weighted by Gasteiger charge is 2.20. The number of hydrogen-bond acceptors (Lipinski definition) is 6. The highest BCUT2D eigenvalue weighted by Crippen LogP contribution is 2.15. The van der Waals surface area contributed by atoms with Gasteiger partial charge < -0.3 is 24.4 Å². The summed E-state index contributed by atoms with van der Waals surface area (Å²) >= 11 is 0. The first-order valence-electron chi connectivity index (χ1n) is 7.30. The van der Waals surface area contributed by atoms with Crippen molar-refractivity contribution < 1.29 is 29.2 Å². The Morgan fingerprint density at radius 2 is 1.85 bits per heavy atom. The van der Waals surface area contributed by atoms with E-state index >= 15 is 0 Å². The number of carbonyl (C=O) groups is 1. The molecule has 6 nitrogen and oxygen atoms in total. The molecule has 0 rings (SSSR count). The van der Waals surface area contributed by atoms with Crippen LogP contribution in [0.1, 0.15) is 39.5 Å². The van der Waals surface area contributed by atoms with Crippen molar-refractivity contribution >= 4 is 5.97 Å². The maximum Gasteiger partial charge on any atom is 0.311 e. The van der Waals surface area contributed by atoms with Crippen LogP contribution in [0.15, 0.2) is 0 Å². The van der Waals surface area contributed by atoms with Gasteiger partial charge in [0.2, 0.25) is 6.29 Å². The van der Waals surface area contributed by atoms with Crippen LogP contribution < -0.4 is 0 Å². The molecule has 0 aliphatic rings. The smallest absolute Gasteiger partial charge is 0.311 e. The number of aliphatic hydroxyl groups excluding tert-OH is 2. The number of ether oxygens (including phenoxy) is 3. The standard InChI is InChI=1S/C14H28O6/c1-3-5-6-12(4-2)14(17)20-13(16)11-19-10-9-18-8-7-15/h12-13,15-16H,3-11H2,1-2H3. The lowest BCUT2D eigenvalue weighted by atomic mass is 10.00. The molecular formula is C14H28O6. The summed E-state index contributed by atoms with van der Waals surface area (Å²) in [6.45, 7) is 4.77. The molecule has 0 aromatic carbocycles. The van der Waals surface area contributed by atoms with Gasteiger partial charge in [0.15, 0.2) is 0 Å². The first-order valence-corrected chi connectivity index (χ1v) is 7.30. The zero-order chi connectivity index (χ0) is 15.2. The minimum absolute atomic E-state index is 0.0313. The molecular weight excluding hydrogens is 264 g/mol. The zero-order valence-corrected chi connectivity index (χ0v) is 12.5. The van der Waals surface area contributed by atoms with Crippen LogP contribution in [0.25, 0.3) is 0 Å². The van der Waals surface area contributed by atoms with Crippen LogP contribution in [0.3, 0.4) is 0 Å². The Kier molecular flexibility index (Phi) is 12.8. The Hall–Kier alpha value is -0.690. The third-order valence-corrected chi connectivity index (χ3v) is 2.85. The van der Waals surface area contributed by atoms with Gasteiger partial charge in [-0.3, -0.25) is 4.79 Å². The molecule has 120 valence electrons. The Morgan fingerprint density at radius 3 is 2.45 bits per heavy atom. The summed E-state index contributed by atoms with van der Waals surface area (Å²) in [6.07, 6.45) is 2.26. The molecule has 0 aromatic rings. The molecule has 2 atom stereocenters. The number of rotatable bonds is 13. The topological polar surface area (TPSA) is 85.2 Å². The molecule has 20 heavy (non-hydrogen) atoms. The van der Waals surface area contributed by atoms with Gasteiger partial charge in [-0.2, -0.15) is 0 Å². The van der Waals surface area contributed by atoms with Crippen molar-refractivity contribution in [1.82, 2.24) is 0 Å². The SMILES string of the molecule is CCCCC(CC)C(=O)OC(O)COCCOCCO. The highest BCUT2D eigenvalue weighted by molar-refractivity contribution is 5.72. The van der Waals surface area contributed by atoms with E-state index in [1.165, 1.54) is 0 Å². The molecule has 0 saturated carbocycles. The van der Waals surface area contributed by atoms with E-state index in [-0.39, 0.29) is 38.3 Å². The molecule has 0 saturated heterocycles. The average molecular weight is 292 g/mol. The molecule has 6 heteroatoms. The van der Waals surface area contributed by atoms with E-state index < -0.39 is 6.29 Å². The molecule has 0 heterocycles. The van der Waals surface area contributed by atoms with Gasteiger partial charge in [0, 0.05) is 0 Å². The monoisotopic (exact) mass is 292 g/mol. The summed E-state index contributed by atoms with van der Waals surface area (Å²) in [4.78, 5) is 11.8. The third-order valence-electron chi connectivity index (χ3n) is 2.85. The lowest BCUT2D eigenvalue weighted by molar-refractivity contribution is -0.182. The molecule has 0 amide bonds. The van der Waals surface area contributed by atoms with Crippen LogP contribution in [0.2, 0.25) is 0 Å². The summed E-state index contributed by atoms with van der Waals surface area (Å²) in [5, 5.41) is 18.0. The number of unbranched alkanes of at least 4 members (excludes halogenated alkanes) is 1. The van der Waals surface area contributed by atoms with Gasteiger partial charge in [0.1, 0.15) is 6.61 Å². The minimum Gasteiger partial charge on any atom is -0.433 e. The number of carbonyl (C=O) groups excluding carboxylic acids is 1. The Labute approximate surface area is 121 Å². The first kappa shape index (κ1) is 19.3. The molecule has 2 unspecified atom stereocenters. The maximum absolute atomic E-state index is 11.8. The lowest BCUT2D eigenvalue weighted by Gasteiger charge is -2.17. The van der Waals surface area contributed by atoms with E-state index in [1.807, 2.05) is 6.92 Å². The van der Waals surface area contributed by atoms with E-state index in [9.17, 15) is 9.90 Å². The normalized spacial score (nSPS) is 14.0. The van der Waals surface area contributed by atoms with Crippen LogP contribution in [0, 0.1) is 5.92 Å². The van der Waals surface area contributed by atoms with Crippen LogP contribution in [-0.2, 0) is 19.0 Å². The first-order chi connectivity index (χ1) is 9.65. The highest BCUT2D eigenvalue weighted by atomic mass is 16.7. The fourth-order valence-corrected chi connectivity index (χ4v) is 1.67. The van der Waals surface area contributed by atoms with Crippen molar-refractivity contribution in [3.05, 3.63) is 0 Å². The molecule has 0 aromatic heterocycles. The van der Waals surface area contributed by atoms with E-state index in [1.54, 1.807) is 0 Å². The van der Waals surface area contributed by atoms with Gasteiger partial charge in [-0.25, -0.2) is 0 Å². The largest absolute Gasteiger partial charge is 0.433 e. The quantitative estimate of drug-likeness (QED) is 0.300. The Morgan fingerprint density at radius 1 is 1.15 bits per heavy atom. The number of esters is 1. The summed E-state index contributed by atoms with van der Waals surface area (Å²) in [7, 11) is 0. The molecule has 0 fully saturated rings. The Bertz CT molecular complexity index is 234. The van der Waals surface area contributed by atoms with Crippen LogP contribution in [0.4, 0.5) is 0 Å². The zero-order valence-electron chi connectivity index (χ0n) is 12.5. The van der Waals surface area contributed by atoms with Crippen molar-refractivity contribution in [2.24, 2.45) is 5.92 Å². The predicted octanol–water partition coefficient (Wildman–Crippen LogP) is 1.09. The van der Waals surface area contributed by atoms with Crippen molar-refractivity contribution in [2.75, 3.05) is 33.0 Å². The molecule has 2 N–H and O–H groups in total. The van der Waals surface area contributed by atoms with E-state index in [0.29, 0.717) is 13.0 Å². The molecule has 0 aliphatic heterocycles. The summed E-state index contributed by atoms with van der Waals surface area (Å²) in [5.74, 6) is -0.522. The lowest BCUT2D eigenvalue weighted by Crippen LogP contribution is -2.28. The van der Waals surface area contributed by atoms with Gasteiger partial charge in [-0.15, -0.1) is 0 Å². The predicted molar refractivity (Wildman–Crippen MR) is 74.1 cm³/mol. The molecule has 0 radical (unpaired) electrons. The van der Waals surface area contributed by atoms with Crippen LogP contribution in [-0.4, -0.2) is 55.5 Å². The van der Waals surface area contributed by atoms with Crippen LogP contribution >= 0.6 is 0 Å². The second-order valence-electron chi connectivity index (χ2n) is 4.55. The third kappa shape index (κ3) is 10.1. The van der Waals surface area contributed by atoms with E-state index in [4.69, 9.17) is 19.3 Å². The Balaban J connectivity index is 3.71. The van der Waals surface area contributed by atoms with Crippen molar-refractivity contribution in [3.63, 3.8) is 0 Å². The van der Waals surface area contributed by atoms with Gasteiger partial charge in [0.05, 0.1) is 32.3 Å². The van der Waals surface area contributed by atoms with E-state index in [2.05, 4.69) is 6.92 Å². The van der Waals surface area contributed by atoms with Crippen LogP contribution in [0.5, 0.6) is 0 Å². The second kappa shape index (κ2) is 13.3. The van der Waals surface area contributed by atoms with Gasteiger partial charge in [0.25, 0.3) is 0 Å². The average Bonchev–Trinajstić information content (AvgIpc) is 2.43. The molecule has 0 spiro atoms. The van der Waals surface area contributed by atoms with Gasteiger partial charge >= 0.3 is 5.97 Å². The summed E-state index contributed by atoms with van der Waals surface area (Å²) in [6, 6.07) is 0. The van der Waals surface area contributed by atoms with Crippen molar-refractivity contribution in [2.45, 2.75) is 45.8 Å². The number of hydrogen-bond donors (Lipinski definition) is 2. The number of aliphatic hydroxyl groups is 2. The van der Waals surface area contributed by atoms with Crippen molar-refractivity contribution in [3.8, 4) is 0 Å². The molecule has 0 aliphatic carbocycles. The second-order valence-corrected chi connectivity index (χ2v) is 4.55. The minimum atomic E-state index is -1.24. The van der Waals surface area contributed by atoms with Gasteiger partial charge in [-0.05, 0) is 12.8 Å². The fourth-order valence-electron chi connectivity index (χ4n) is 1.67. The fraction of sp³-hybridized carbons (Fsp3) is 0.929.